The first kappa shape index (κ1) is 13.4. The normalized spacial score (nSPS) is 9.82. The van der Waals surface area contributed by atoms with Crippen LogP contribution in [0.5, 0.6) is 0 Å². The van der Waals surface area contributed by atoms with Crippen LogP contribution in [0.4, 0.5) is 4.39 Å². The third kappa shape index (κ3) is 3.71. The number of halogens is 2. The molecule has 0 aliphatic heterocycles. The average molecular weight is 260 g/mol. The van der Waals surface area contributed by atoms with E-state index in [1.54, 1.807) is 0 Å². The summed E-state index contributed by atoms with van der Waals surface area (Å²) in [7, 11) is 1.24. The maximum Gasteiger partial charge on any atom is 0.337 e. The smallest absolute Gasteiger partial charge is 0.337 e. The number of benzene rings is 1. The lowest BCUT2D eigenvalue weighted by Crippen LogP contribution is -2.24. The molecule has 1 rings (SSSR count). The molecule has 4 nitrogen and oxygen atoms in total. The monoisotopic (exact) mass is 259 g/mol. The molecule has 1 N–H and O–H groups in total. The minimum atomic E-state index is -0.560. The van der Waals surface area contributed by atoms with Gasteiger partial charge in [0.1, 0.15) is 11.7 Å². The summed E-state index contributed by atoms with van der Waals surface area (Å²) in [5, 5.41) is 2.41. The van der Waals surface area contributed by atoms with Gasteiger partial charge in [0.25, 0.3) is 0 Å². The fourth-order valence-corrected chi connectivity index (χ4v) is 1.29. The molecule has 0 saturated heterocycles. The van der Waals surface area contributed by atoms with Gasteiger partial charge in [-0.25, -0.2) is 9.18 Å². The molecule has 0 radical (unpaired) electrons. The Morgan fingerprint density at radius 2 is 2.18 bits per heavy atom. The SMILES string of the molecule is COC(=O)c1ccc(F)c(CNC(=O)CCl)c1. The Bertz CT molecular complexity index is 437. The highest BCUT2D eigenvalue weighted by molar-refractivity contribution is 6.27. The van der Waals surface area contributed by atoms with Crippen LogP contribution >= 0.6 is 11.6 Å². The zero-order valence-electron chi connectivity index (χ0n) is 9.13. The highest BCUT2D eigenvalue weighted by Crippen LogP contribution is 2.11. The van der Waals surface area contributed by atoms with E-state index in [1.165, 1.54) is 19.2 Å². The van der Waals surface area contributed by atoms with Crippen molar-refractivity contribution in [3.05, 3.63) is 35.1 Å². The Morgan fingerprint density at radius 1 is 1.47 bits per heavy atom. The van der Waals surface area contributed by atoms with Crippen LogP contribution in [0.3, 0.4) is 0 Å². The van der Waals surface area contributed by atoms with Crippen molar-refractivity contribution in [1.82, 2.24) is 5.32 Å². The van der Waals surface area contributed by atoms with Crippen molar-refractivity contribution < 1.29 is 18.7 Å². The van der Waals surface area contributed by atoms with Gasteiger partial charge < -0.3 is 10.1 Å². The van der Waals surface area contributed by atoms with Gasteiger partial charge >= 0.3 is 5.97 Å². The number of carbonyl (C=O) groups excluding carboxylic acids is 2. The summed E-state index contributed by atoms with van der Waals surface area (Å²) in [6, 6.07) is 3.79. The molecule has 1 amide bonds. The topological polar surface area (TPSA) is 55.4 Å². The molecule has 0 saturated carbocycles. The van der Waals surface area contributed by atoms with Gasteiger partial charge in [0.2, 0.25) is 5.91 Å². The molecule has 17 heavy (non-hydrogen) atoms. The molecule has 0 fully saturated rings. The number of methoxy groups -OCH3 is 1. The molecule has 0 atom stereocenters. The van der Waals surface area contributed by atoms with Crippen LogP contribution in [0.25, 0.3) is 0 Å². The van der Waals surface area contributed by atoms with Gasteiger partial charge in [-0.15, -0.1) is 11.6 Å². The van der Waals surface area contributed by atoms with Crippen molar-refractivity contribution in [3.63, 3.8) is 0 Å². The second-order valence-electron chi connectivity index (χ2n) is 3.21. The molecule has 0 aliphatic rings. The van der Waals surface area contributed by atoms with E-state index in [9.17, 15) is 14.0 Å². The van der Waals surface area contributed by atoms with Crippen molar-refractivity contribution in [2.45, 2.75) is 6.54 Å². The molecule has 0 bridgehead atoms. The van der Waals surface area contributed by atoms with Crippen LogP contribution in [-0.2, 0) is 16.1 Å². The van der Waals surface area contributed by atoms with E-state index in [2.05, 4.69) is 10.1 Å². The number of hydrogen-bond donors (Lipinski definition) is 1. The highest BCUT2D eigenvalue weighted by atomic mass is 35.5. The predicted molar refractivity (Wildman–Crippen MR) is 60.3 cm³/mol. The van der Waals surface area contributed by atoms with E-state index in [-0.39, 0.29) is 23.6 Å². The number of hydrogen-bond acceptors (Lipinski definition) is 3. The summed E-state index contributed by atoms with van der Waals surface area (Å²) in [5.41, 5.74) is 0.426. The van der Waals surface area contributed by atoms with Gasteiger partial charge in [-0.3, -0.25) is 4.79 Å². The molecule has 0 aromatic heterocycles. The lowest BCUT2D eigenvalue weighted by Gasteiger charge is -2.06. The van der Waals surface area contributed by atoms with Crippen molar-refractivity contribution in [1.29, 1.82) is 0 Å². The standard InChI is InChI=1S/C11H11ClFNO3/c1-17-11(16)7-2-3-9(13)8(4-7)6-14-10(15)5-12/h2-4H,5-6H2,1H3,(H,14,15). The largest absolute Gasteiger partial charge is 0.465 e. The Kier molecular flexibility index (Phi) is 4.90. The van der Waals surface area contributed by atoms with E-state index < -0.39 is 17.7 Å². The Hall–Kier alpha value is -1.62. The van der Waals surface area contributed by atoms with Gasteiger partial charge in [0.05, 0.1) is 12.7 Å². The van der Waals surface area contributed by atoms with Crippen molar-refractivity contribution >= 4 is 23.5 Å². The number of alkyl halides is 1. The van der Waals surface area contributed by atoms with E-state index in [4.69, 9.17) is 11.6 Å². The van der Waals surface area contributed by atoms with Crippen LogP contribution < -0.4 is 5.32 Å². The molecule has 0 aliphatic carbocycles. The molecular weight excluding hydrogens is 249 g/mol. The van der Waals surface area contributed by atoms with E-state index in [0.29, 0.717) is 0 Å². The van der Waals surface area contributed by atoms with E-state index in [1.807, 2.05) is 0 Å². The molecule has 6 heteroatoms. The minimum absolute atomic E-state index is 0.0256. The summed E-state index contributed by atoms with van der Waals surface area (Å²) < 4.78 is 17.9. The summed E-state index contributed by atoms with van der Waals surface area (Å²) in [5.74, 6) is -1.67. The lowest BCUT2D eigenvalue weighted by atomic mass is 10.1. The van der Waals surface area contributed by atoms with Gasteiger partial charge in [0, 0.05) is 12.1 Å². The Morgan fingerprint density at radius 3 is 2.76 bits per heavy atom. The van der Waals surface area contributed by atoms with Crippen molar-refractivity contribution in [2.75, 3.05) is 13.0 Å². The number of ether oxygens (including phenoxy) is 1. The quantitative estimate of drug-likeness (QED) is 0.658. The molecule has 0 unspecified atom stereocenters. The van der Waals surface area contributed by atoms with Crippen molar-refractivity contribution in [2.24, 2.45) is 0 Å². The number of amides is 1. The molecule has 1 aromatic carbocycles. The first-order valence-corrected chi connectivity index (χ1v) is 5.31. The Labute approximate surface area is 103 Å². The first-order valence-electron chi connectivity index (χ1n) is 4.78. The maximum atomic E-state index is 13.4. The third-order valence-corrected chi connectivity index (χ3v) is 2.31. The highest BCUT2D eigenvalue weighted by Gasteiger charge is 2.10. The fourth-order valence-electron chi connectivity index (χ4n) is 1.20. The van der Waals surface area contributed by atoms with Crippen LogP contribution in [0.2, 0.25) is 0 Å². The fraction of sp³-hybridized carbons (Fsp3) is 0.273. The molecular formula is C11H11ClFNO3. The maximum absolute atomic E-state index is 13.4. The number of rotatable bonds is 4. The molecule has 0 spiro atoms. The molecule has 0 heterocycles. The summed E-state index contributed by atoms with van der Waals surface area (Å²) in [4.78, 5) is 22.1. The summed E-state index contributed by atoms with van der Waals surface area (Å²) >= 11 is 5.28. The van der Waals surface area contributed by atoms with Gasteiger partial charge in [-0.2, -0.15) is 0 Å². The second-order valence-corrected chi connectivity index (χ2v) is 3.48. The predicted octanol–water partition coefficient (Wildman–Crippen LogP) is 1.47. The van der Waals surface area contributed by atoms with Gasteiger partial charge in [0.15, 0.2) is 0 Å². The number of esters is 1. The van der Waals surface area contributed by atoms with Gasteiger partial charge in [-0.05, 0) is 18.2 Å². The number of carbonyl (C=O) groups is 2. The molecule has 92 valence electrons. The van der Waals surface area contributed by atoms with Crippen LogP contribution in [0.1, 0.15) is 15.9 Å². The van der Waals surface area contributed by atoms with Gasteiger partial charge in [-0.1, -0.05) is 0 Å². The van der Waals surface area contributed by atoms with Crippen molar-refractivity contribution in [3.8, 4) is 0 Å². The summed E-state index contributed by atoms with van der Waals surface area (Å²) in [6.07, 6.45) is 0. The van der Waals surface area contributed by atoms with E-state index >= 15 is 0 Å². The molecule has 1 aromatic rings. The van der Waals surface area contributed by atoms with Crippen LogP contribution in [0.15, 0.2) is 18.2 Å². The average Bonchev–Trinajstić information content (AvgIpc) is 2.36. The van der Waals surface area contributed by atoms with E-state index in [0.717, 1.165) is 6.07 Å². The Balaban J connectivity index is 2.83. The first-order chi connectivity index (χ1) is 8.08. The van der Waals surface area contributed by atoms with Crippen LogP contribution in [0, 0.1) is 5.82 Å². The summed E-state index contributed by atoms with van der Waals surface area (Å²) in [6.45, 7) is -0.0256. The lowest BCUT2D eigenvalue weighted by molar-refractivity contribution is -0.118. The minimum Gasteiger partial charge on any atom is -0.465 e. The van der Waals surface area contributed by atoms with Crippen LogP contribution in [-0.4, -0.2) is 24.9 Å². The third-order valence-electron chi connectivity index (χ3n) is 2.06. The second kappa shape index (κ2) is 6.20. The zero-order valence-corrected chi connectivity index (χ0v) is 9.88. The zero-order chi connectivity index (χ0) is 12.8. The number of nitrogens with one attached hydrogen (secondary N) is 1.